The van der Waals surface area contributed by atoms with E-state index in [1.165, 1.54) is 13.8 Å². The Labute approximate surface area is 60.4 Å². The van der Waals surface area contributed by atoms with Crippen LogP contribution in [0.3, 0.4) is 0 Å². The topological polar surface area (TPSA) is 43.4 Å². The summed E-state index contributed by atoms with van der Waals surface area (Å²) in [7, 11) is 0. The highest BCUT2D eigenvalue weighted by molar-refractivity contribution is 5.92. The minimum Gasteiger partial charge on any atom is -0.465 e. The van der Waals surface area contributed by atoms with E-state index in [4.69, 9.17) is 0 Å². The van der Waals surface area contributed by atoms with Crippen molar-refractivity contribution in [2.45, 2.75) is 20.8 Å². The number of ether oxygens (including phenoxy) is 1. The smallest absolute Gasteiger partial charge is 0.319 e. The van der Waals surface area contributed by atoms with Crippen LogP contribution in [0.4, 0.5) is 0 Å². The molecule has 0 aromatic carbocycles. The van der Waals surface area contributed by atoms with Crippen LogP contribution in [-0.2, 0) is 14.3 Å². The van der Waals surface area contributed by atoms with Gasteiger partial charge in [-0.2, -0.15) is 0 Å². The Kier molecular flexibility index (Phi) is 3.06. The minimum absolute atomic E-state index is 0.296. The number of carbonyl (C=O) groups excluding carboxylic acids is 2. The summed E-state index contributed by atoms with van der Waals surface area (Å²) in [5.74, 6) is -0.523. The summed E-state index contributed by atoms with van der Waals surface area (Å²) in [6.45, 7) is 4.93. The van der Waals surface area contributed by atoms with E-state index < -0.39 is 11.4 Å². The molecule has 3 heteroatoms. The first kappa shape index (κ1) is 9.14. The van der Waals surface area contributed by atoms with Crippen molar-refractivity contribution in [2.75, 3.05) is 6.61 Å². The molecule has 0 atom stereocenters. The second-order valence-electron chi connectivity index (χ2n) is 2.45. The van der Waals surface area contributed by atoms with Crippen LogP contribution >= 0.6 is 0 Å². The second kappa shape index (κ2) is 3.34. The van der Waals surface area contributed by atoms with Crippen LogP contribution in [0.2, 0.25) is 0 Å². The Morgan fingerprint density at radius 3 is 2.40 bits per heavy atom. The maximum atomic E-state index is 10.8. The predicted molar refractivity (Wildman–Crippen MR) is 36.1 cm³/mol. The number of esters is 1. The van der Waals surface area contributed by atoms with Gasteiger partial charge in [0.15, 0.2) is 0 Å². The highest BCUT2D eigenvalue weighted by Gasteiger charge is 2.29. The standard InChI is InChI=1S/C7H11O3/c1-4-10-6(9)7(2,3)5-8/h4H2,1-3H3. The second-order valence-corrected chi connectivity index (χ2v) is 2.45. The molecule has 0 aliphatic rings. The Hall–Kier alpha value is -0.860. The van der Waals surface area contributed by atoms with Gasteiger partial charge in [0.25, 0.3) is 0 Å². The Morgan fingerprint density at radius 1 is 1.60 bits per heavy atom. The van der Waals surface area contributed by atoms with E-state index in [1.807, 2.05) is 0 Å². The molecule has 0 unspecified atom stereocenters. The summed E-state index contributed by atoms with van der Waals surface area (Å²) >= 11 is 0. The lowest BCUT2D eigenvalue weighted by Gasteiger charge is -2.12. The maximum Gasteiger partial charge on any atom is 0.319 e. The van der Waals surface area contributed by atoms with E-state index in [2.05, 4.69) is 4.74 Å². The third kappa shape index (κ3) is 2.17. The fraction of sp³-hybridized carbons (Fsp3) is 0.714. The summed E-state index contributed by atoms with van der Waals surface area (Å²) < 4.78 is 4.60. The van der Waals surface area contributed by atoms with Gasteiger partial charge in [-0.05, 0) is 20.8 Å². The normalized spacial score (nSPS) is 10.7. The van der Waals surface area contributed by atoms with Crippen LogP contribution in [0.25, 0.3) is 0 Å². The summed E-state index contributed by atoms with van der Waals surface area (Å²) in [4.78, 5) is 20.9. The highest BCUT2D eigenvalue weighted by atomic mass is 16.5. The van der Waals surface area contributed by atoms with E-state index in [9.17, 15) is 9.59 Å². The van der Waals surface area contributed by atoms with Gasteiger partial charge < -0.3 is 4.74 Å². The Morgan fingerprint density at radius 2 is 2.10 bits per heavy atom. The summed E-state index contributed by atoms with van der Waals surface area (Å²) in [6, 6.07) is 0. The van der Waals surface area contributed by atoms with Gasteiger partial charge in [-0.1, -0.05) is 0 Å². The molecule has 0 saturated heterocycles. The summed E-state index contributed by atoms with van der Waals surface area (Å²) in [6.07, 6.45) is 1.60. The molecular weight excluding hydrogens is 132 g/mol. The molecule has 0 N–H and O–H groups in total. The van der Waals surface area contributed by atoms with Crippen molar-refractivity contribution in [3.05, 3.63) is 0 Å². The number of carbonyl (C=O) groups is 1. The van der Waals surface area contributed by atoms with Crippen LogP contribution in [0.1, 0.15) is 20.8 Å². The molecule has 0 spiro atoms. The van der Waals surface area contributed by atoms with E-state index in [0.717, 1.165) is 0 Å². The van der Waals surface area contributed by atoms with Crippen LogP contribution in [0.5, 0.6) is 0 Å². The SMILES string of the molecule is CCOC(=O)C(C)(C)[C]=O. The van der Waals surface area contributed by atoms with Crippen molar-refractivity contribution in [3.8, 4) is 0 Å². The summed E-state index contributed by atoms with van der Waals surface area (Å²) in [5, 5.41) is 0. The van der Waals surface area contributed by atoms with E-state index in [0.29, 0.717) is 6.61 Å². The molecule has 0 amide bonds. The number of rotatable bonds is 3. The van der Waals surface area contributed by atoms with Gasteiger partial charge in [-0.15, -0.1) is 0 Å². The zero-order valence-corrected chi connectivity index (χ0v) is 6.43. The van der Waals surface area contributed by atoms with Gasteiger partial charge in [0.2, 0.25) is 6.29 Å². The molecule has 57 valence electrons. The van der Waals surface area contributed by atoms with Crippen molar-refractivity contribution >= 4 is 12.3 Å². The molecule has 0 saturated carbocycles. The molecule has 0 aromatic rings. The average molecular weight is 143 g/mol. The fourth-order valence-electron chi connectivity index (χ4n) is 0.353. The van der Waals surface area contributed by atoms with Gasteiger partial charge in [0, 0.05) is 0 Å². The quantitative estimate of drug-likeness (QED) is 0.431. The first-order valence-electron chi connectivity index (χ1n) is 3.11. The third-order valence-corrected chi connectivity index (χ3v) is 1.04. The van der Waals surface area contributed by atoms with Crippen molar-refractivity contribution < 1.29 is 14.3 Å². The van der Waals surface area contributed by atoms with Crippen LogP contribution in [-0.4, -0.2) is 18.9 Å². The Bertz CT molecular complexity index is 138. The first-order valence-corrected chi connectivity index (χ1v) is 3.11. The molecule has 0 aliphatic heterocycles. The van der Waals surface area contributed by atoms with Crippen LogP contribution in [0.15, 0.2) is 0 Å². The maximum absolute atomic E-state index is 10.8. The lowest BCUT2D eigenvalue weighted by Crippen LogP contribution is -2.27. The van der Waals surface area contributed by atoms with Gasteiger partial charge in [0.05, 0.1) is 6.61 Å². The molecule has 1 radical (unpaired) electrons. The van der Waals surface area contributed by atoms with Crippen molar-refractivity contribution in [2.24, 2.45) is 5.41 Å². The fourth-order valence-corrected chi connectivity index (χ4v) is 0.353. The van der Waals surface area contributed by atoms with Gasteiger partial charge >= 0.3 is 5.97 Å². The molecule has 0 rings (SSSR count). The molecule has 10 heavy (non-hydrogen) atoms. The van der Waals surface area contributed by atoms with Crippen LogP contribution in [0, 0.1) is 5.41 Å². The average Bonchev–Trinajstić information content (AvgIpc) is 1.89. The monoisotopic (exact) mass is 143 g/mol. The number of hydrogen-bond donors (Lipinski definition) is 0. The lowest BCUT2D eigenvalue weighted by molar-refractivity contribution is -0.149. The van der Waals surface area contributed by atoms with Gasteiger partial charge in [-0.3, -0.25) is 9.59 Å². The van der Waals surface area contributed by atoms with E-state index >= 15 is 0 Å². The van der Waals surface area contributed by atoms with Gasteiger partial charge in [0.1, 0.15) is 5.41 Å². The van der Waals surface area contributed by atoms with Crippen molar-refractivity contribution in [1.82, 2.24) is 0 Å². The number of hydrogen-bond acceptors (Lipinski definition) is 3. The predicted octanol–water partition coefficient (Wildman–Crippen LogP) is 0.685. The van der Waals surface area contributed by atoms with Crippen molar-refractivity contribution in [1.29, 1.82) is 0 Å². The first-order chi connectivity index (χ1) is 4.54. The van der Waals surface area contributed by atoms with E-state index in [1.54, 1.807) is 13.2 Å². The minimum atomic E-state index is -1.12. The summed E-state index contributed by atoms with van der Waals surface area (Å²) in [5.41, 5.74) is -1.12. The molecule has 0 aromatic heterocycles. The molecule has 3 nitrogen and oxygen atoms in total. The molecule has 0 heterocycles. The van der Waals surface area contributed by atoms with Gasteiger partial charge in [-0.25, -0.2) is 0 Å². The molecule has 0 fully saturated rings. The zero-order chi connectivity index (χ0) is 8.20. The zero-order valence-electron chi connectivity index (χ0n) is 6.43. The van der Waals surface area contributed by atoms with E-state index in [-0.39, 0.29) is 0 Å². The Balaban J connectivity index is 4.04. The van der Waals surface area contributed by atoms with Crippen molar-refractivity contribution in [3.63, 3.8) is 0 Å². The largest absolute Gasteiger partial charge is 0.465 e. The lowest BCUT2D eigenvalue weighted by atomic mass is 9.96. The molecule has 0 aliphatic carbocycles. The third-order valence-electron chi connectivity index (χ3n) is 1.04. The van der Waals surface area contributed by atoms with Crippen LogP contribution < -0.4 is 0 Å². The molecular formula is C7H11O3. The molecule has 0 bridgehead atoms. The highest BCUT2D eigenvalue weighted by Crippen LogP contribution is 2.12.